The van der Waals surface area contributed by atoms with Gasteiger partial charge in [-0.15, -0.1) is 0 Å². The van der Waals surface area contributed by atoms with Gasteiger partial charge in [-0.25, -0.2) is 0 Å². The van der Waals surface area contributed by atoms with Gasteiger partial charge >= 0.3 is 12.1 Å². The largest absolute Gasteiger partial charge is 0.491 e. The summed E-state index contributed by atoms with van der Waals surface area (Å²) < 4.78 is 89.2. The van der Waals surface area contributed by atoms with Crippen LogP contribution in [0.2, 0.25) is 0 Å². The number of ether oxygens (including phenoxy) is 8. The zero-order chi connectivity index (χ0) is 37.3. The molecule has 3 saturated heterocycles. The van der Waals surface area contributed by atoms with Gasteiger partial charge in [-0.2, -0.15) is 13.2 Å². The van der Waals surface area contributed by atoms with E-state index in [2.05, 4.69) is 18.2 Å². The lowest BCUT2D eigenvalue weighted by Gasteiger charge is -2.30. The van der Waals surface area contributed by atoms with Crippen LogP contribution in [0.3, 0.4) is 0 Å². The quantitative estimate of drug-likeness (QED) is 0.0780. The summed E-state index contributed by atoms with van der Waals surface area (Å²) in [5.41, 5.74) is -0.769. The average molecular weight is 753 g/mol. The Labute approximate surface area is 312 Å². The van der Waals surface area contributed by atoms with Crippen LogP contribution in [0.1, 0.15) is 109 Å². The van der Waals surface area contributed by atoms with E-state index in [-0.39, 0.29) is 54.9 Å². The number of esters is 1. The first-order valence-corrected chi connectivity index (χ1v) is 19.9. The fourth-order valence-electron chi connectivity index (χ4n) is 7.36. The van der Waals surface area contributed by atoms with Crippen LogP contribution in [0.25, 0.3) is 0 Å². The molecule has 298 valence electrons. The second-order valence-electron chi connectivity index (χ2n) is 14.4. The summed E-state index contributed by atoms with van der Waals surface area (Å²) in [6, 6.07) is 4.90. The van der Waals surface area contributed by atoms with Crippen molar-refractivity contribution >= 4 is 5.97 Å². The molecule has 0 N–H and O–H groups in total. The zero-order valence-electron chi connectivity index (χ0n) is 31.2. The van der Waals surface area contributed by atoms with Gasteiger partial charge in [0, 0.05) is 38.6 Å². The van der Waals surface area contributed by atoms with E-state index in [9.17, 15) is 18.0 Å². The summed E-state index contributed by atoms with van der Waals surface area (Å²) in [7, 11) is 0. The van der Waals surface area contributed by atoms with Gasteiger partial charge in [0.25, 0.3) is 0 Å². The van der Waals surface area contributed by atoms with E-state index < -0.39 is 24.1 Å². The first kappa shape index (κ1) is 41.7. The van der Waals surface area contributed by atoms with E-state index in [1.165, 1.54) is 12.1 Å². The first-order valence-electron chi connectivity index (χ1n) is 19.9. The lowest BCUT2D eigenvalue weighted by atomic mass is 9.89. The summed E-state index contributed by atoms with van der Waals surface area (Å²) in [6.07, 6.45) is 14.4. The molecule has 9 nitrogen and oxygen atoms in total. The molecule has 0 aromatic heterocycles. The molecular weight excluding hydrogens is 693 g/mol. The molecule has 1 aromatic carbocycles. The van der Waals surface area contributed by atoms with Crippen LogP contribution in [0, 0.1) is 11.8 Å². The van der Waals surface area contributed by atoms with Gasteiger partial charge in [-0.1, -0.05) is 37.3 Å². The van der Waals surface area contributed by atoms with E-state index in [4.69, 9.17) is 37.9 Å². The number of alkyl halides is 3. The third-order valence-corrected chi connectivity index (χ3v) is 10.2. The summed E-state index contributed by atoms with van der Waals surface area (Å²) in [4.78, 5) is 12.0. The Balaban J connectivity index is 1.34. The Bertz CT molecular complexity index is 1260. The van der Waals surface area contributed by atoms with Gasteiger partial charge < -0.3 is 37.9 Å². The molecule has 1 saturated carbocycles. The summed E-state index contributed by atoms with van der Waals surface area (Å²) >= 11 is 0. The molecule has 3 aliphatic heterocycles. The fraction of sp³-hybridized carbons (Fsp3) is 0.732. The number of hydrogen-bond acceptors (Lipinski definition) is 9. The Hall–Kier alpha value is -2.48. The van der Waals surface area contributed by atoms with Crippen LogP contribution in [0.5, 0.6) is 5.75 Å². The highest BCUT2D eigenvalue weighted by Gasteiger charge is 2.45. The van der Waals surface area contributed by atoms with Crippen molar-refractivity contribution in [2.24, 2.45) is 11.8 Å². The van der Waals surface area contributed by atoms with Crippen molar-refractivity contribution < 1.29 is 55.9 Å². The number of allylic oxidation sites excluding steroid dienone is 2. The van der Waals surface area contributed by atoms with Crippen molar-refractivity contribution in [1.29, 1.82) is 0 Å². The van der Waals surface area contributed by atoms with Gasteiger partial charge in [0.1, 0.15) is 18.5 Å². The molecule has 0 amide bonds. The third kappa shape index (κ3) is 14.3. The number of rotatable bonds is 19. The molecule has 3 heterocycles. The normalized spacial score (nSPS) is 29.1. The molecule has 4 fully saturated rings. The molecule has 1 aromatic rings. The maximum Gasteiger partial charge on any atom is 0.416 e. The minimum absolute atomic E-state index is 0.00273. The number of benzene rings is 1. The van der Waals surface area contributed by atoms with Gasteiger partial charge in [0.15, 0.2) is 18.9 Å². The van der Waals surface area contributed by atoms with Crippen LogP contribution >= 0.6 is 0 Å². The Morgan fingerprint density at radius 2 is 1.58 bits per heavy atom. The molecule has 0 radical (unpaired) electrons. The maximum absolute atomic E-state index is 13.4. The topological polar surface area (TPSA) is 90.9 Å². The second kappa shape index (κ2) is 22.2. The Morgan fingerprint density at radius 1 is 0.906 bits per heavy atom. The number of hydrogen-bond donors (Lipinski definition) is 0. The molecule has 4 aliphatic rings. The number of carbonyl (C=O) groups is 1. The van der Waals surface area contributed by atoms with Crippen LogP contribution in [0.4, 0.5) is 13.2 Å². The minimum Gasteiger partial charge on any atom is -0.491 e. The predicted octanol–water partition coefficient (Wildman–Crippen LogP) is 9.08. The molecule has 1 aliphatic carbocycles. The van der Waals surface area contributed by atoms with Gasteiger partial charge in [-0.3, -0.25) is 4.79 Å². The lowest BCUT2D eigenvalue weighted by molar-refractivity contribution is -0.203. The summed E-state index contributed by atoms with van der Waals surface area (Å²) in [5.74, 6) is -0.105. The standard InChI is InChI=1S/C41H59F3O9/c1-2-23-46-37(45)17-6-4-3-5-16-33-34(36(53-40-20-9-12-26-49-40)28-35(33)52-39-19-8-11-25-48-39)22-21-32(51-38-18-7-10-24-47-38)29-50-31-15-13-14-30(27-31)41(42,43)44/h3,5,13-15,21-22,27,32-36,38-40H,2,4,6-12,16-20,23-26,28-29H2,1H3/b5-3-,22-21+/t32-,33-,34-,35+,36-,38?,39?,40?/m1/s1. The fourth-order valence-corrected chi connectivity index (χ4v) is 7.36. The molecule has 8 atom stereocenters. The van der Waals surface area contributed by atoms with E-state index in [1.807, 2.05) is 13.0 Å². The smallest absolute Gasteiger partial charge is 0.416 e. The number of carbonyl (C=O) groups excluding carboxylic acids is 1. The summed E-state index contributed by atoms with van der Waals surface area (Å²) in [6.45, 7) is 4.36. The molecule has 0 spiro atoms. The van der Waals surface area contributed by atoms with Crippen LogP contribution in [0.15, 0.2) is 48.6 Å². The molecule has 5 rings (SSSR count). The van der Waals surface area contributed by atoms with Crippen LogP contribution in [-0.2, 0) is 44.1 Å². The van der Waals surface area contributed by atoms with E-state index >= 15 is 0 Å². The van der Waals surface area contributed by atoms with Crippen molar-refractivity contribution in [3.05, 3.63) is 54.1 Å². The van der Waals surface area contributed by atoms with Gasteiger partial charge in [-0.05, 0) is 108 Å². The van der Waals surface area contributed by atoms with E-state index in [0.717, 1.165) is 89.2 Å². The highest BCUT2D eigenvalue weighted by Crippen LogP contribution is 2.42. The summed E-state index contributed by atoms with van der Waals surface area (Å²) in [5, 5.41) is 0. The molecular formula is C41H59F3O9. The molecule has 0 bridgehead atoms. The predicted molar refractivity (Wildman–Crippen MR) is 192 cm³/mol. The minimum atomic E-state index is -4.48. The molecule has 3 unspecified atom stereocenters. The SMILES string of the molecule is CCCOC(=O)CCC/C=C\C[C@@H]1[C@@H](/C=C/[C@H](COc2cccc(C(F)(F)F)c2)OC2CCCCO2)[C@H](OC2CCCCO2)C[C@@H]1OC1CCCCO1. The lowest BCUT2D eigenvalue weighted by Crippen LogP contribution is -2.32. The van der Waals surface area contributed by atoms with Crippen LogP contribution < -0.4 is 4.74 Å². The third-order valence-electron chi connectivity index (χ3n) is 10.2. The van der Waals surface area contributed by atoms with Gasteiger partial charge in [0.2, 0.25) is 0 Å². The second-order valence-corrected chi connectivity index (χ2v) is 14.4. The van der Waals surface area contributed by atoms with Crippen molar-refractivity contribution in [3.8, 4) is 5.75 Å². The van der Waals surface area contributed by atoms with Crippen molar-refractivity contribution in [2.45, 2.75) is 147 Å². The zero-order valence-corrected chi connectivity index (χ0v) is 31.2. The highest BCUT2D eigenvalue weighted by molar-refractivity contribution is 5.69. The molecule has 12 heteroatoms. The van der Waals surface area contributed by atoms with Crippen molar-refractivity contribution in [3.63, 3.8) is 0 Å². The van der Waals surface area contributed by atoms with E-state index in [0.29, 0.717) is 45.7 Å². The Morgan fingerprint density at radius 3 is 2.23 bits per heavy atom. The Kier molecular flexibility index (Phi) is 17.4. The van der Waals surface area contributed by atoms with Crippen molar-refractivity contribution in [2.75, 3.05) is 33.0 Å². The van der Waals surface area contributed by atoms with Crippen molar-refractivity contribution in [1.82, 2.24) is 0 Å². The van der Waals surface area contributed by atoms with Gasteiger partial charge in [0.05, 0.1) is 24.4 Å². The highest BCUT2D eigenvalue weighted by atomic mass is 19.4. The average Bonchev–Trinajstić information content (AvgIpc) is 3.48. The number of halogens is 3. The van der Waals surface area contributed by atoms with Crippen LogP contribution in [-0.4, -0.2) is 76.2 Å². The van der Waals surface area contributed by atoms with E-state index in [1.54, 1.807) is 0 Å². The number of unbranched alkanes of at least 4 members (excludes halogenated alkanes) is 1. The first-order chi connectivity index (χ1) is 25.8. The monoisotopic (exact) mass is 752 g/mol. The molecule has 53 heavy (non-hydrogen) atoms. The maximum atomic E-state index is 13.4.